The van der Waals surface area contributed by atoms with Crippen molar-refractivity contribution in [2.45, 2.75) is 6.61 Å². The first-order valence-corrected chi connectivity index (χ1v) is 6.31. The molecule has 0 aliphatic rings. The van der Waals surface area contributed by atoms with E-state index in [4.69, 9.17) is 34.8 Å². The highest BCUT2D eigenvalue weighted by Gasteiger charge is 2.16. The lowest BCUT2D eigenvalue weighted by Crippen LogP contribution is -2.03. The van der Waals surface area contributed by atoms with Gasteiger partial charge in [0.15, 0.2) is 5.75 Å². The highest BCUT2D eigenvalue weighted by atomic mass is 35.5. The van der Waals surface area contributed by atoms with Crippen LogP contribution in [0.5, 0.6) is 5.75 Å². The van der Waals surface area contributed by atoms with E-state index in [1.54, 1.807) is 30.3 Å². The minimum atomic E-state index is -2.98. The van der Waals surface area contributed by atoms with Crippen LogP contribution < -0.4 is 4.74 Å². The molecule has 0 aromatic heterocycles. The molecule has 0 saturated heterocycles. The normalized spacial score (nSPS) is 10.8. The second kappa shape index (κ2) is 5.95. The molecule has 2 aromatic carbocycles. The van der Waals surface area contributed by atoms with E-state index in [-0.39, 0.29) is 10.8 Å². The van der Waals surface area contributed by atoms with Crippen LogP contribution in [0.3, 0.4) is 0 Å². The second-order valence-electron chi connectivity index (χ2n) is 3.62. The van der Waals surface area contributed by atoms with Gasteiger partial charge in [0.1, 0.15) is 0 Å². The molecule has 0 amide bonds. The summed E-state index contributed by atoms with van der Waals surface area (Å²) in [5, 5.41) is 0.877. The van der Waals surface area contributed by atoms with Gasteiger partial charge in [0.2, 0.25) is 0 Å². The molecule has 19 heavy (non-hydrogen) atoms. The lowest BCUT2D eigenvalue weighted by atomic mass is 10.0. The van der Waals surface area contributed by atoms with Gasteiger partial charge in [-0.15, -0.1) is 0 Å². The molecule has 0 atom stereocenters. The Morgan fingerprint density at radius 1 is 0.895 bits per heavy atom. The zero-order valence-electron chi connectivity index (χ0n) is 9.34. The fourth-order valence-corrected chi connectivity index (χ4v) is 2.24. The SMILES string of the molecule is FC(F)Oc1c(Cl)cccc1-c1cc(Cl)ccc1Cl. The highest BCUT2D eigenvalue weighted by molar-refractivity contribution is 6.36. The van der Waals surface area contributed by atoms with Crippen molar-refractivity contribution in [3.63, 3.8) is 0 Å². The number of alkyl halides is 2. The molecule has 2 aromatic rings. The Bertz CT molecular complexity index is 602. The van der Waals surface area contributed by atoms with Crippen molar-refractivity contribution in [1.29, 1.82) is 0 Å². The Hall–Kier alpha value is -1.03. The zero-order valence-corrected chi connectivity index (χ0v) is 11.6. The first kappa shape index (κ1) is 14.4. The van der Waals surface area contributed by atoms with Crippen LogP contribution in [0.15, 0.2) is 36.4 Å². The van der Waals surface area contributed by atoms with Crippen LogP contribution in [-0.2, 0) is 0 Å². The zero-order chi connectivity index (χ0) is 14.0. The topological polar surface area (TPSA) is 9.23 Å². The molecular weight excluding hydrogens is 316 g/mol. The maximum absolute atomic E-state index is 12.4. The number of para-hydroxylation sites is 1. The molecule has 0 unspecified atom stereocenters. The maximum Gasteiger partial charge on any atom is 0.387 e. The predicted octanol–water partition coefficient (Wildman–Crippen LogP) is 5.92. The van der Waals surface area contributed by atoms with Crippen molar-refractivity contribution in [2.24, 2.45) is 0 Å². The van der Waals surface area contributed by atoms with E-state index < -0.39 is 6.61 Å². The lowest BCUT2D eigenvalue weighted by Gasteiger charge is -2.13. The van der Waals surface area contributed by atoms with Crippen LogP contribution in [0.4, 0.5) is 8.78 Å². The van der Waals surface area contributed by atoms with E-state index in [1.807, 2.05) is 0 Å². The van der Waals surface area contributed by atoms with Crippen LogP contribution in [-0.4, -0.2) is 6.61 Å². The third kappa shape index (κ3) is 3.30. The van der Waals surface area contributed by atoms with E-state index in [0.29, 0.717) is 21.2 Å². The van der Waals surface area contributed by atoms with Gasteiger partial charge in [0.25, 0.3) is 0 Å². The van der Waals surface area contributed by atoms with E-state index >= 15 is 0 Å². The lowest BCUT2D eigenvalue weighted by molar-refractivity contribution is -0.0493. The van der Waals surface area contributed by atoms with Gasteiger partial charge in [0, 0.05) is 21.2 Å². The summed E-state index contributed by atoms with van der Waals surface area (Å²) in [6, 6.07) is 9.40. The summed E-state index contributed by atoms with van der Waals surface area (Å²) < 4.78 is 29.3. The van der Waals surface area contributed by atoms with Crippen molar-refractivity contribution >= 4 is 34.8 Å². The first-order valence-electron chi connectivity index (χ1n) is 5.18. The van der Waals surface area contributed by atoms with Gasteiger partial charge in [-0.3, -0.25) is 0 Å². The van der Waals surface area contributed by atoms with Crippen LogP contribution in [0.25, 0.3) is 11.1 Å². The summed E-state index contributed by atoms with van der Waals surface area (Å²) in [5.74, 6) is -0.122. The Morgan fingerprint density at radius 3 is 2.32 bits per heavy atom. The number of rotatable bonds is 3. The molecule has 0 aliphatic carbocycles. The third-order valence-electron chi connectivity index (χ3n) is 2.39. The molecule has 0 aliphatic heterocycles. The monoisotopic (exact) mass is 322 g/mol. The van der Waals surface area contributed by atoms with Gasteiger partial charge < -0.3 is 4.74 Å². The minimum Gasteiger partial charge on any atom is -0.433 e. The summed E-state index contributed by atoms with van der Waals surface area (Å²) >= 11 is 17.8. The smallest absolute Gasteiger partial charge is 0.387 e. The van der Waals surface area contributed by atoms with Gasteiger partial charge >= 0.3 is 6.61 Å². The van der Waals surface area contributed by atoms with Gasteiger partial charge in [0.05, 0.1) is 5.02 Å². The van der Waals surface area contributed by atoms with Crippen molar-refractivity contribution in [3.8, 4) is 16.9 Å². The van der Waals surface area contributed by atoms with Crippen molar-refractivity contribution in [3.05, 3.63) is 51.5 Å². The molecule has 0 fully saturated rings. The molecule has 6 heteroatoms. The summed E-state index contributed by atoms with van der Waals surface area (Å²) in [6.07, 6.45) is 0. The van der Waals surface area contributed by atoms with E-state index in [2.05, 4.69) is 4.74 Å². The van der Waals surface area contributed by atoms with E-state index in [0.717, 1.165) is 0 Å². The first-order chi connectivity index (χ1) is 8.99. The fourth-order valence-electron chi connectivity index (χ4n) is 1.63. The van der Waals surface area contributed by atoms with Crippen LogP contribution in [0, 0.1) is 0 Å². The Balaban J connectivity index is 2.61. The molecule has 2 rings (SSSR count). The van der Waals surface area contributed by atoms with Gasteiger partial charge in [-0.1, -0.05) is 46.9 Å². The van der Waals surface area contributed by atoms with Crippen molar-refractivity contribution < 1.29 is 13.5 Å². The molecular formula is C13H7Cl3F2O. The summed E-state index contributed by atoms with van der Waals surface area (Å²) in [7, 11) is 0. The average molecular weight is 324 g/mol. The van der Waals surface area contributed by atoms with E-state index in [9.17, 15) is 8.78 Å². The van der Waals surface area contributed by atoms with Gasteiger partial charge in [-0.05, 0) is 24.3 Å². The molecule has 0 N–H and O–H groups in total. The number of hydrogen-bond donors (Lipinski definition) is 0. The van der Waals surface area contributed by atoms with Gasteiger partial charge in [-0.2, -0.15) is 8.78 Å². The summed E-state index contributed by atoms with van der Waals surface area (Å²) in [6.45, 7) is -2.98. The van der Waals surface area contributed by atoms with Crippen molar-refractivity contribution in [2.75, 3.05) is 0 Å². The Morgan fingerprint density at radius 2 is 1.63 bits per heavy atom. The molecule has 0 spiro atoms. The van der Waals surface area contributed by atoms with Crippen LogP contribution in [0.1, 0.15) is 0 Å². The summed E-state index contributed by atoms with van der Waals surface area (Å²) in [4.78, 5) is 0. The molecule has 100 valence electrons. The predicted molar refractivity (Wildman–Crippen MR) is 73.5 cm³/mol. The van der Waals surface area contributed by atoms with Crippen LogP contribution in [0.2, 0.25) is 15.1 Å². The number of halogens is 5. The second-order valence-corrected chi connectivity index (χ2v) is 4.87. The quantitative estimate of drug-likeness (QED) is 0.681. The largest absolute Gasteiger partial charge is 0.433 e. The van der Waals surface area contributed by atoms with Crippen LogP contribution >= 0.6 is 34.8 Å². The number of hydrogen-bond acceptors (Lipinski definition) is 1. The average Bonchev–Trinajstić information content (AvgIpc) is 2.34. The minimum absolute atomic E-state index is 0.0776. The fraction of sp³-hybridized carbons (Fsp3) is 0.0769. The summed E-state index contributed by atoms with van der Waals surface area (Å²) in [5.41, 5.74) is 0.840. The molecule has 1 nitrogen and oxygen atoms in total. The third-order valence-corrected chi connectivity index (χ3v) is 3.25. The van der Waals surface area contributed by atoms with E-state index in [1.165, 1.54) is 6.07 Å². The maximum atomic E-state index is 12.4. The number of benzene rings is 2. The van der Waals surface area contributed by atoms with Crippen molar-refractivity contribution in [1.82, 2.24) is 0 Å². The standard InChI is InChI=1S/C13H7Cl3F2O/c14-7-4-5-10(15)9(6-7)8-2-1-3-11(16)12(8)19-13(17)18/h1-6,13H. The molecule has 0 saturated carbocycles. The molecule has 0 bridgehead atoms. The molecule has 0 heterocycles. The van der Waals surface area contributed by atoms with Gasteiger partial charge in [-0.25, -0.2) is 0 Å². The number of ether oxygens (including phenoxy) is 1. The highest BCUT2D eigenvalue weighted by Crippen LogP contribution is 2.40. The Labute approximate surface area is 123 Å². The Kier molecular flexibility index (Phi) is 4.50. The molecule has 0 radical (unpaired) electrons.